The smallest absolute Gasteiger partial charge is 0.338 e. The van der Waals surface area contributed by atoms with Gasteiger partial charge < -0.3 is 9.47 Å². The van der Waals surface area contributed by atoms with E-state index in [0.29, 0.717) is 18.8 Å². The summed E-state index contributed by atoms with van der Waals surface area (Å²) in [4.78, 5) is 11.4. The van der Waals surface area contributed by atoms with Gasteiger partial charge in [-0.2, -0.15) is 0 Å². The second-order valence-electron chi connectivity index (χ2n) is 2.80. The summed E-state index contributed by atoms with van der Waals surface area (Å²) in [6.45, 7) is 4.66. The first-order chi connectivity index (χ1) is 7.19. The minimum absolute atomic E-state index is 0.318. The Morgan fingerprint density at radius 1 is 1.33 bits per heavy atom. The van der Waals surface area contributed by atoms with E-state index in [4.69, 9.17) is 9.47 Å². The van der Waals surface area contributed by atoms with Gasteiger partial charge in [0.2, 0.25) is 0 Å². The van der Waals surface area contributed by atoms with Crippen LogP contribution in [-0.4, -0.2) is 19.2 Å². The van der Waals surface area contributed by atoms with Crippen molar-refractivity contribution in [3.05, 3.63) is 28.2 Å². The Kier molecular flexibility index (Phi) is 4.62. The van der Waals surface area contributed by atoms with Crippen LogP contribution < -0.4 is 4.74 Å². The van der Waals surface area contributed by atoms with Crippen molar-refractivity contribution in [2.45, 2.75) is 13.8 Å². The third-order valence-electron chi connectivity index (χ3n) is 1.74. The van der Waals surface area contributed by atoms with Gasteiger partial charge in [-0.25, -0.2) is 4.79 Å². The van der Waals surface area contributed by atoms with E-state index in [-0.39, 0.29) is 5.97 Å². The molecule has 0 aromatic heterocycles. The standard InChI is InChI=1S/C11H13BrO3/c1-3-14-10-6-5-8(7-9(10)12)11(13)15-4-2/h5-7H,3-4H2,1-2H3. The molecule has 0 atom stereocenters. The van der Waals surface area contributed by atoms with Crippen LogP contribution in [-0.2, 0) is 4.74 Å². The molecule has 3 nitrogen and oxygen atoms in total. The number of esters is 1. The van der Waals surface area contributed by atoms with Crippen LogP contribution in [0.1, 0.15) is 24.2 Å². The number of rotatable bonds is 4. The monoisotopic (exact) mass is 272 g/mol. The maximum atomic E-state index is 11.4. The molecule has 0 aliphatic carbocycles. The summed E-state index contributed by atoms with van der Waals surface area (Å²) in [5.74, 6) is 0.409. The van der Waals surface area contributed by atoms with E-state index >= 15 is 0 Å². The zero-order valence-corrected chi connectivity index (χ0v) is 10.3. The Labute approximate surface area is 97.5 Å². The summed E-state index contributed by atoms with van der Waals surface area (Å²) < 4.78 is 11.0. The molecule has 1 aromatic rings. The molecule has 0 heterocycles. The summed E-state index contributed by atoms with van der Waals surface area (Å²) in [7, 11) is 0. The predicted octanol–water partition coefficient (Wildman–Crippen LogP) is 3.02. The van der Waals surface area contributed by atoms with Crippen molar-refractivity contribution in [3.63, 3.8) is 0 Å². The van der Waals surface area contributed by atoms with E-state index in [1.165, 1.54) is 0 Å². The van der Waals surface area contributed by atoms with Crippen molar-refractivity contribution >= 4 is 21.9 Å². The normalized spacial score (nSPS) is 9.80. The second kappa shape index (κ2) is 5.75. The van der Waals surface area contributed by atoms with Crippen molar-refractivity contribution in [3.8, 4) is 5.75 Å². The molecule has 15 heavy (non-hydrogen) atoms. The number of ether oxygens (including phenoxy) is 2. The summed E-state index contributed by atoms with van der Waals surface area (Å²) in [6, 6.07) is 5.14. The number of benzene rings is 1. The maximum absolute atomic E-state index is 11.4. The Balaban J connectivity index is 2.86. The van der Waals surface area contributed by atoms with Crippen LogP contribution in [0.25, 0.3) is 0 Å². The number of hydrogen-bond donors (Lipinski definition) is 0. The average Bonchev–Trinajstić information content (AvgIpc) is 2.21. The van der Waals surface area contributed by atoms with Crippen LogP contribution in [0.15, 0.2) is 22.7 Å². The molecule has 0 saturated carbocycles. The third-order valence-corrected chi connectivity index (χ3v) is 2.36. The molecule has 1 rings (SSSR count). The van der Waals surface area contributed by atoms with E-state index in [2.05, 4.69) is 15.9 Å². The van der Waals surface area contributed by atoms with Crippen molar-refractivity contribution in [1.29, 1.82) is 0 Å². The fraction of sp³-hybridized carbons (Fsp3) is 0.364. The summed E-state index contributed by atoms with van der Waals surface area (Å²) >= 11 is 3.33. The highest BCUT2D eigenvalue weighted by Gasteiger charge is 2.09. The van der Waals surface area contributed by atoms with Gasteiger partial charge in [-0.3, -0.25) is 0 Å². The minimum atomic E-state index is -0.318. The van der Waals surface area contributed by atoms with Gasteiger partial charge in [0.25, 0.3) is 0 Å². The molecule has 0 saturated heterocycles. The van der Waals surface area contributed by atoms with E-state index in [9.17, 15) is 4.79 Å². The van der Waals surface area contributed by atoms with Gasteiger partial charge in [0.05, 0.1) is 23.2 Å². The lowest BCUT2D eigenvalue weighted by Gasteiger charge is -2.07. The Morgan fingerprint density at radius 2 is 2.07 bits per heavy atom. The zero-order valence-electron chi connectivity index (χ0n) is 8.75. The van der Waals surface area contributed by atoms with Gasteiger partial charge >= 0.3 is 5.97 Å². The van der Waals surface area contributed by atoms with Crippen LogP contribution in [0.5, 0.6) is 5.75 Å². The molecule has 0 fully saturated rings. The number of carbonyl (C=O) groups excluding carboxylic acids is 1. The van der Waals surface area contributed by atoms with E-state index in [0.717, 1.165) is 10.2 Å². The van der Waals surface area contributed by atoms with Crippen LogP contribution in [0, 0.1) is 0 Å². The highest BCUT2D eigenvalue weighted by molar-refractivity contribution is 9.10. The first-order valence-electron chi connectivity index (χ1n) is 4.78. The van der Waals surface area contributed by atoms with Gasteiger partial charge in [-0.05, 0) is 48.0 Å². The van der Waals surface area contributed by atoms with E-state index in [1.807, 2.05) is 6.92 Å². The van der Waals surface area contributed by atoms with Crippen molar-refractivity contribution in [2.24, 2.45) is 0 Å². The SMILES string of the molecule is CCOC(=O)c1ccc(OCC)c(Br)c1. The lowest BCUT2D eigenvalue weighted by molar-refractivity contribution is 0.0526. The molecule has 82 valence electrons. The summed E-state index contributed by atoms with van der Waals surface area (Å²) in [5, 5.41) is 0. The van der Waals surface area contributed by atoms with E-state index in [1.54, 1.807) is 25.1 Å². The quantitative estimate of drug-likeness (QED) is 0.791. The molecule has 0 amide bonds. The molecule has 0 radical (unpaired) electrons. The first kappa shape index (κ1) is 12.0. The number of carbonyl (C=O) groups is 1. The summed E-state index contributed by atoms with van der Waals surface area (Å²) in [6.07, 6.45) is 0. The fourth-order valence-corrected chi connectivity index (χ4v) is 1.61. The molecular weight excluding hydrogens is 260 g/mol. The Morgan fingerprint density at radius 3 is 2.60 bits per heavy atom. The van der Waals surface area contributed by atoms with Gasteiger partial charge in [-0.1, -0.05) is 0 Å². The molecule has 0 spiro atoms. The lowest BCUT2D eigenvalue weighted by Crippen LogP contribution is -2.04. The average molecular weight is 273 g/mol. The minimum Gasteiger partial charge on any atom is -0.493 e. The molecule has 0 aliphatic heterocycles. The van der Waals surface area contributed by atoms with Crippen LogP contribution in [0.3, 0.4) is 0 Å². The molecule has 4 heteroatoms. The molecule has 0 bridgehead atoms. The topological polar surface area (TPSA) is 35.5 Å². The Bertz CT molecular complexity index is 350. The lowest BCUT2D eigenvalue weighted by atomic mass is 10.2. The second-order valence-corrected chi connectivity index (χ2v) is 3.65. The number of hydrogen-bond acceptors (Lipinski definition) is 3. The van der Waals surface area contributed by atoms with Crippen molar-refractivity contribution in [1.82, 2.24) is 0 Å². The van der Waals surface area contributed by atoms with E-state index < -0.39 is 0 Å². The third kappa shape index (κ3) is 3.23. The van der Waals surface area contributed by atoms with Gasteiger partial charge in [-0.15, -0.1) is 0 Å². The highest BCUT2D eigenvalue weighted by atomic mass is 79.9. The van der Waals surface area contributed by atoms with Crippen LogP contribution in [0.4, 0.5) is 0 Å². The van der Waals surface area contributed by atoms with Crippen LogP contribution >= 0.6 is 15.9 Å². The largest absolute Gasteiger partial charge is 0.493 e. The number of halogens is 1. The van der Waals surface area contributed by atoms with Gasteiger partial charge in [0.1, 0.15) is 5.75 Å². The summed E-state index contributed by atoms with van der Waals surface area (Å²) in [5.41, 5.74) is 0.521. The first-order valence-corrected chi connectivity index (χ1v) is 5.57. The molecule has 0 aliphatic rings. The van der Waals surface area contributed by atoms with Gasteiger partial charge in [0, 0.05) is 0 Å². The fourth-order valence-electron chi connectivity index (χ4n) is 1.11. The zero-order chi connectivity index (χ0) is 11.3. The molecule has 0 N–H and O–H groups in total. The molecule has 1 aromatic carbocycles. The Hall–Kier alpha value is -1.03. The predicted molar refractivity (Wildman–Crippen MR) is 61.3 cm³/mol. The van der Waals surface area contributed by atoms with Crippen molar-refractivity contribution < 1.29 is 14.3 Å². The van der Waals surface area contributed by atoms with Crippen molar-refractivity contribution in [2.75, 3.05) is 13.2 Å². The maximum Gasteiger partial charge on any atom is 0.338 e. The molecular formula is C11H13BrO3. The molecule has 0 unspecified atom stereocenters. The van der Waals surface area contributed by atoms with Crippen LogP contribution in [0.2, 0.25) is 0 Å². The highest BCUT2D eigenvalue weighted by Crippen LogP contribution is 2.26. The van der Waals surface area contributed by atoms with Gasteiger partial charge in [0.15, 0.2) is 0 Å².